The highest BCUT2D eigenvalue weighted by Gasteiger charge is 2.27. The molecule has 2 aliphatic heterocycles. The fraction of sp³-hybridized carbons (Fsp3) is 0.400. The summed E-state index contributed by atoms with van der Waals surface area (Å²) in [4.78, 5) is 2.66. The zero-order chi connectivity index (χ0) is 18.9. The van der Waals surface area contributed by atoms with Crippen LogP contribution >= 0.6 is 0 Å². The number of hydrogen-bond donors (Lipinski definition) is 1. The number of nitrogens with zero attached hydrogens (tertiary/aromatic N) is 1. The Kier molecular flexibility index (Phi) is 5.08. The highest BCUT2D eigenvalue weighted by molar-refractivity contribution is 7.89. The van der Waals surface area contributed by atoms with Crippen LogP contribution in [0.15, 0.2) is 47.4 Å². The van der Waals surface area contributed by atoms with Gasteiger partial charge in [0.15, 0.2) is 11.5 Å². The van der Waals surface area contributed by atoms with Gasteiger partial charge in [0.1, 0.15) is 0 Å². The molecule has 7 heteroatoms. The van der Waals surface area contributed by atoms with Crippen molar-refractivity contribution in [1.29, 1.82) is 0 Å². The van der Waals surface area contributed by atoms with E-state index < -0.39 is 10.0 Å². The van der Waals surface area contributed by atoms with E-state index in [9.17, 15) is 8.42 Å². The van der Waals surface area contributed by atoms with Gasteiger partial charge in [-0.2, -0.15) is 0 Å². The van der Waals surface area contributed by atoms with Crippen LogP contribution < -0.4 is 14.2 Å². The highest BCUT2D eigenvalue weighted by Crippen LogP contribution is 2.36. The molecule has 6 nitrogen and oxygen atoms in total. The zero-order valence-electron chi connectivity index (χ0n) is 15.3. The second kappa shape index (κ2) is 7.50. The van der Waals surface area contributed by atoms with Crippen molar-refractivity contribution in [3.63, 3.8) is 0 Å². The van der Waals surface area contributed by atoms with E-state index in [1.807, 2.05) is 37.3 Å². The molecule has 0 saturated carbocycles. The normalized spacial score (nSPS) is 18.0. The Balaban J connectivity index is 1.58. The molecule has 1 unspecified atom stereocenters. The lowest BCUT2D eigenvalue weighted by atomic mass is 10.1. The van der Waals surface area contributed by atoms with Crippen LogP contribution in [0.25, 0.3) is 0 Å². The maximum atomic E-state index is 12.8. The molecule has 0 amide bonds. The van der Waals surface area contributed by atoms with Gasteiger partial charge in [0.25, 0.3) is 0 Å². The van der Waals surface area contributed by atoms with Gasteiger partial charge >= 0.3 is 0 Å². The Bertz CT molecular complexity index is 923. The van der Waals surface area contributed by atoms with E-state index in [0.29, 0.717) is 11.4 Å². The van der Waals surface area contributed by atoms with Gasteiger partial charge in [-0.1, -0.05) is 24.3 Å². The SMILES string of the molecule is Cc1ccccc1S(=O)(=O)NCC(c1ccc2c(c1)OCO2)N1CCCC1. The molecular weight excluding hydrogens is 364 g/mol. The van der Waals surface area contributed by atoms with Gasteiger partial charge in [0.2, 0.25) is 16.8 Å². The first-order valence-corrected chi connectivity index (χ1v) is 10.7. The standard InChI is InChI=1S/C20H24N2O4S/c1-15-6-2-3-7-20(15)27(23,24)21-13-17(22-10-4-5-11-22)16-8-9-18-19(12-16)26-14-25-18/h2-3,6-9,12,17,21H,4-5,10-11,13-14H2,1H3. The number of rotatable bonds is 6. The van der Waals surface area contributed by atoms with E-state index in [4.69, 9.17) is 9.47 Å². The van der Waals surface area contributed by atoms with Crippen molar-refractivity contribution in [3.05, 3.63) is 53.6 Å². The molecule has 2 aromatic carbocycles. The molecule has 1 N–H and O–H groups in total. The van der Waals surface area contributed by atoms with Gasteiger partial charge in [0, 0.05) is 12.6 Å². The molecule has 1 fully saturated rings. The third kappa shape index (κ3) is 3.81. The number of fused-ring (bicyclic) bond motifs is 1. The van der Waals surface area contributed by atoms with Crippen molar-refractivity contribution in [1.82, 2.24) is 9.62 Å². The van der Waals surface area contributed by atoms with Crippen LogP contribution in [0.1, 0.15) is 30.0 Å². The topological polar surface area (TPSA) is 67.9 Å². The molecule has 144 valence electrons. The zero-order valence-corrected chi connectivity index (χ0v) is 16.2. The molecular formula is C20H24N2O4S. The summed E-state index contributed by atoms with van der Waals surface area (Å²) in [5.74, 6) is 1.46. The molecule has 1 saturated heterocycles. The summed E-state index contributed by atoms with van der Waals surface area (Å²) in [6, 6.07) is 12.9. The number of sulfonamides is 1. The van der Waals surface area contributed by atoms with E-state index in [2.05, 4.69) is 9.62 Å². The second-order valence-corrected chi connectivity index (χ2v) is 8.72. The average Bonchev–Trinajstić information content (AvgIpc) is 3.33. The number of likely N-dealkylation sites (tertiary alicyclic amines) is 1. The minimum Gasteiger partial charge on any atom is -0.454 e. The number of ether oxygens (including phenoxy) is 2. The third-order valence-electron chi connectivity index (χ3n) is 5.21. The summed E-state index contributed by atoms with van der Waals surface area (Å²) in [5, 5.41) is 0. The lowest BCUT2D eigenvalue weighted by Crippen LogP contribution is -2.37. The van der Waals surface area contributed by atoms with Gasteiger partial charge in [-0.25, -0.2) is 13.1 Å². The van der Waals surface area contributed by atoms with Crippen LogP contribution in [0.3, 0.4) is 0 Å². The van der Waals surface area contributed by atoms with Gasteiger partial charge in [-0.3, -0.25) is 4.90 Å². The largest absolute Gasteiger partial charge is 0.454 e. The number of nitrogens with one attached hydrogen (secondary N) is 1. The molecule has 27 heavy (non-hydrogen) atoms. The first-order valence-electron chi connectivity index (χ1n) is 9.23. The first-order chi connectivity index (χ1) is 13.0. The first kappa shape index (κ1) is 18.3. The van der Waals surface area contributed by atoms with Crippen LogP contribution in [0.4, 0.5) is 0 Å². The third-order valence-corrected chi connectivity index (χ3v) is 6.80. The van der Waals surface area contributed by atoms with Crippen molar-refractivity contribution >= 4 is 10.0 Å². The number of benzene rings is 2. The monoisotopic (exact) mass is 388 g/mol. The van der Waals surface area contributed by atoms with Crippen LogP contribution in [0.2, 0.25) is 0 Å². The Hall–Kier alpha value is -2.09. The maximum absolute atomic E-state index is 12.8. The van der Waals surface area contributed by atoms with E-state index in [-0.39, 0.29) is 12.8 Å². The average molecular weight is 388 g/mol. The predicted molar refractivity (Wildman–Crippen MR) is 102 cm³/mol. The fourth-order valence-corrected chi connectivity index (χ4v) is 5.04. The van der Waals surface area contributed by atoms with Crippen molar-refractivity contribution in [2.24, 2.45) is 0 Å². The molecule has 2 aliphatic rings. The smallest absolute Gasteiger partial charge is 0.240 e. The van der Waals surface area contributed by atoms with Crippen molar-refractivity contribution in [2.75, 3.05) is 26.4 Å². The molecule has 0 radical (unpaired) electrons. The van der Waals surface area contributed by atoms with Crippen molar-refractivity contribution < 1.29 is 17.9 Å². The Morgan fingerprint density at radius 1 is 1.07 bits per heavy atom. The van der Waals surface area contributed by atoms with Crippen LogP contribution in [0, 0.1) is 6.92 Å². The Morgan fingerprint density at radius 2 is 1.81 bits per heavy atom. The molecule has 2 heterocycles. The number of aryl methyl sites for hydroxylation is 1. The Morgan fingerprint density at radius 3 is 2.59 bits per heavy atom. The quantitative estimate of drug-likeness (QED) is 0.824. The summed E-state index contributed by atoms with van der Waals surface area (Å²) in [7, 11) is -3.57. The minimum absolute atomic E-state index is 0.0409. The maximum Gasteiger partial charge on any atom is 0.240 e. The Labute approximate surface area is 160 Å². The molecule has 0 spiro atoms. The molecule has 0 aliphatic carbocycles. The predicted octanol–water partition coefficient (Wildman–Crippen LogP) is 2.84. The van der Waals surface area contributed by atoms with Crippen molar-refractivity contribution in [2.45, 2.75) is 30.7 Å². The second-order valence-electron chi connectivity index (χ2n) is 6.99. The fourth-order valence-electron chi connectivity index (χ4n) is 3.76. The number of hydrogen-bond acceptors (Lipinski definition) is 5. The summed E-state index contributed by atoms with van der Waals surface area (Å²) < 4.78 is 39.4. The van der Waals surface area contributed by atoms with Gasteiger partial charge in [-0.15, -0.1) is 0 Å². The summed E-state index contributed by atoms with van der Waals surface area (Å²) in [6.07, 6.45) is 2.26. The van der Waals surface area contributed by atoms with E-state index >= 15 is 0 Å². The molecule has 4 rings (SSSR count). The van der Waals surface area contributed by atoms with E-state index in [1.165, 1.54) is 0 Å². The lowest BCUT2D eigenvalue weighted by molar-refractivity contribution is 0.173. The highest BCUT2D eigenvalue weighted by atomic mass is 32.2. The molecule has 1 atom stereocenters. The van der Waals surface area contributed by atoms with E-state index in [0.717, 1.165) is 48.6 Å². The molecule has 2 aromatic rings. The van der Waals surface area contributed by atoms with E-state index in [1.54, 1.807) is 12.1 Å². The van der Waals surface area contributed by atoms with Gasteiger partial charge < -0.3 is 9.47 Å². The lowest BCUT2D eigenvalue weighted by Gasteiger charge is -2.28. The van der Waals surface area contributed by atoms with Gasteiger partial charge in [-0.05, 0) is 62.2 Å². The van der Waals surface area contributed by atoms with Crippen molar-refractivity contribution in [3.8, 4) is 11.5 Å². The molecule has 0 aromatic heterocycles. The van der Waals surface area contributed by atoms with Crippen LogP contribution in [0.5, 0.6) is 11.5 Å². The minimum atomic E-state index is -3.57. The summed E-state index contributed by atoms with van der Waals surface area (Å²) >= 11 is 0. The summed E-state index contributed by atoms with van der Waals surface area (Å²) in [6.45, 7) is 4.28. The van der Waals surface area contributed by atoms with Crippen LogP contribution in [-0.2, 0) is 10.0 Å². The summed E-state index contributed by atoms with van der Waals surface area (Å²) in [5.41, 5.74) is 1.78. The van der Waals surface area contributed by atoms with Crippen LogP contribution in [-0.4, -0.2) is 39.7 Å². The molecule has 0 bridgehead atoms. The van der Waals surface area contributed by atoms with Gasteiger partial charge in [0.05, 0.1) is 4.90 Å².